The third kappa shape index (κ3) is 4.26. The van der Waals surface area contributed by atoms with Crippen molar-refractivity contribution in [1.82, 2.24) is 4.98 Å². The summed E-state index contributed by atoms with van der Waals surface area (Å²) >= 11 is 7.42. The van der Waals surface area contributed by atoms with Crippen LogP contribution in [-0.4, -0.2) is 31.3 Å². The number of nitrogens with zero attached hydrogens (tertiary/aromatic N) is 3. The van der Waals surface area contributed by atoms with E-state index in [0.29, 0.717) is 15.6 Å². The molecule has 1 aliphatic heterocycles. The molecule has 6 heteroatoms. The maximum atomic E-state index is 9.62. The smallest absolute Gasteiger partial charge is 0.134 e. The number of morpholine rings is 1. The van der Waals surface area contributed by atoms with Gasteiger partial charge in [-0.15, -0.1) is 11.3 Å². The van der Waals surface area contributed by atoms with Crippen molar-refractivity contribution in [3.8, 4) is 17.3 Å². The minimum absolute atomic E-state index is 0.560. The summed E-state index contributed by atoms with van der Waals surface area (Å²) in [4.78, 5) is 6.94. The number of nitriles is 1. The van der Waals surface area contributed by atoms with Gasteiger partial charge in [-0.2, -0.15) is 5.26 Å². The Labute approximate surface area is 173 Å². The highest BCUT2D eigenvalue weighted by atomic mass is 35.5. The van der Waals surface area contributed by atoms with Crippen molar-refractivity contribution in [3.05, 3.63) is 69.5 Å². The highest BCUT2D eigenvalue weighted by Gasteiger charge is 2.12. The molecule has 0 saturated carbocycles. The van der Waals surface area contributed by atoms with Crippen molar-refractivity contribution in [2.75, 3.05) is 31.2 Å². The number of aromatic nitrogens is 1. The first-order chi connectivity index (χ1) is 13.7. The summed E-state index contributed by atoms with van der Waals surface area (Å²) in [5, 5.41) is 13.0. The van der Waals surface area contributed by atoms with E-state index in [1.165, 1.54) is 17.0 Å². The van der Waals surface area contributed by atoms with Crippen LogP contribution in [-0.2, 0) is 4.74 Å². The zero-order valence-corrected chi connectivity index (χ0v) is 16.7. The molecule has 0 atom stereocenters. The number of benzene rings is 2. The molecule has 28 heavy (non-hydrogen) atoms. The zero-order chi connectivity index (χ0) is 19.3. The van der Waals surface area contributed by atoms with Gasteiger partial charge in [0.1, 0.15) is 11.1 Å². The number of ether oxygens (including phenoxy) is 1. The zero-order valence-electron chi connectivity index (χ0n) is 15.1. The van der Waals surface area contributed by atoms with Gasteiger partial charge >= 0.3 is 0 Å². The van der Waals surface area contributed by atoms with Crippen molar-refractivity contribution in [2.24, 2.45) is 0 Å². The van der Waals surface area contributed by atoms with Crippen LogP contribution in [0.5, 0.6) is 0 Å². The number of rotatable bonds is 4. The third-order valence-corrected chi connectivity index (χ3v) is 5.70. The SMILES string of the molecule is N#C/C(=C/c1ccc(N2CCOCC2)cc1)c1nc(-c2ccc(Cl)cc2)cs1. The molecule has 0 N–H and O–H groups in total. The van der Waals surface area contributed by atoms with Gasteiger partial charge in [0.05, 0.1) is 24.5 Å². The molecule has 0 unspecified atom stereocenters. The van der Waals surface area contributed by atoms with Gasteiger partial charge in [-0.1, -0.05) is 35.9 Å². The fourth-order valence-corrected chi connectivity index (χ4v) is 3.98. The van der Waals surface area contributed by atoms with Crippen LogP contribution >= 0.6 is 22.9 Å². The predicted molar refractivity (Wildman–Crippen MR) is 116 cm³/mol. The standard InChI is InChI=1S/C22H18ClN3OS/c23-19-5-3-17(4-6-19)21-15-28-22(25-21)18(14-24)13-16-1-7-20(8-2-16)26-9-11-27-12-10-26/h1-8,13,15H,9-12H2/b18-13-. The Morgan fingerprint density at radius 3 is 2.50 bits per heavy atom. The van der Waals surface area contributed by atoms with Gasteiger partial charge in [0.25, 0.3) is 0 Å². The van der Waals surface area contributed by atoms with Crippen LogP contribution in [0.15, 0.2) is 53.9 Å². The number of hydrogen-bond acceptors (Lipinski definition) is 5. The lowest BCUT2D eigenvalue weighted by Crippen LogP contribution is -2.36. The summed E-state index contributed by atoms with van der Waals surface area (Å²) in [7, 11) is 0. The summed E-state index contributed by atoms with van der Waals surface area (Å²) in [6.45, 7) is 3.34. The van der Waals surface area contributed by atoms with Crippen LogP contribution in [0.25, 0.3) is 22.9 Å². The number of halogens is 1. The second-order valence-electron chi connectivity index (χ2n) is 6.41. The van der Waals surface area contributed by atoms with Gasteiger partial charge in [-0.25, -0.2) is 4.98 Å². The van der Waals surface area contributed by atoms with E-state index in [-0.39, 0.29) is 0 Å². The fourth-order valence-electron chi connectivity index (χ4n) is 3.06. The second kappa shape index (κ2) is 8.57. The predicted octanol–water partition coefficient (Wildman–Crippen LogP) is 5.36. The molecule has 1 saturated heterocycles. The average Bonchev–Trinajstić information content (AvgIpc) is 3.23. The first kappa shape index (κ1) is 18.7. The summed E-state index contributed by atoms with van der Waals surface area (Å²) in [5.41, 5.74) is 4.55. The molecular formula is C22H18ClN3OS. The van der Waals surface area contributed by atoms with Gasteiger partial charge in [0.15, 0.2) is 0 Å². The molecule has 140 valence electrons. The lowest BCUT2D eigenvalue weighted by molar-refractivity contribution is 0.122. The minimum Gasteiger partial charge on any atom is -0.378 e. The van der Waals surface area contributed by atoms with E-state index < -0.39 is 0 Å². The molecule has 3 aromatic rings. The summed E-state index contributed by atoms with van der Waals surface area (Å²) in [6.07, 6.45) is 1.88. The largest absolute Gasteiger partial charge is 0.378 e. The van der Waals surface area contributed by atoms with E-state index in [1.54, 1.807) is 0 Å². The molecule has 0 amide bonds. The van der Waals surface area contributed by atoms with E-state index in [0.717, 1.165) is 43.1 Å². The van der Waals surface area contributed by atoms with Crippen molar-refractivity contribution < 1.29 is 4.74 Å². The van der Waals surface area contributed by atoms with Crippen molar-refractivity contribution in [2.45, 2.75) is 0 Å². The third-order valence-electron chi connectivity index (χ3n) is 4.58. The molecule has 1 aromatic heterocycles. The lowest BCUT2D eigenvalue weighted by atomic mass is 10.1. The number of allylic oxidation sites excluding steroid dienone is 1. The molecule has 4 nitrogen and oxygen atoms in total. The summed E-state index contributed by atoms with van der Waals surface area (Å²) in [6, 6.07) is 18.1. The molecular weight excluding hydrogens is 390 g/mol. The summed E-state index contributed by atoms with van der Waals surface area (Å²) in [5.74, 6) is 0. The highest BCUT2D eigenvalue weighted by Crippen LogP contribution is 2.28. The van der Waals surface area contributed by atoms with Crippen molar-refractivity contribution in [1.29, 1.82) is 5.26 Å². The highest BCUT2D eigenvalue weighted by molar-refractivity contribution is 7.11. The normalized spacial score (nSPS) is 14.7. The van der Waals surface area contributed by atoms with Crippen LogP contribution in [0, 0.1) is 11.3 Å². The van der Waals surface area contributed by atoms with Crippen molar-refractivity contribution in [3.63, 3.8) is 0 Å². The Morgan fingerprint density at radius 1 is 1.11 bits per heavy atom. The average molecular weight is 408 g/mol. The van der Waals surface area contributed by atoms with Gasteiger partial charge in [-0.05, 0) is 35.9 Å². The molecule has 0 bridgehead atoms. The van der Waals surface area contributed by atoms with Crippen LogP contribution in [0.2, 0.25) is 5.02 Å². The number of hydrogen-bond donors (Lipinski definition) is 0. The Morgan fingerprint density at radius 2 is 1.82 bits per heavy atom. The van der Waals surface area contributed by atoms with Crippen LogP contribution < -0.4 is 4.90 Å². The summed E-state index contributed by atoms with van der Waals surface area (Å²) < 4.78 is 5.40. The van der Waals surface area contributed by atoms with E-state index >= 15 is 0 Å². The maximum Gasteiger partial charge on any atom is 0.134 e. The second-order valence-corrected chi connectivity index (χ2v) is 7.70. The Kier molecular flexibility index (Phi) is 5.73. The van der Waals surface area contributed by atoms with Crippen molar-refractivity contribution >= 4 is 40.3 Å². The van der Waals surface area contributed by atoms with Gasteiger partial charge in [-0.3, -0.25) is 0 Å². The molecule has 2 heterocycles. The first-order valence-electron chi connectivity index (χ1n) is 8.99. The molecule has 0 spiro atoms. The van der Waals surface area contributed by atoms with Gasteiger partial charge in [0.2, 0.25) is 0 Å². The van der Waals surface area contributed by atoms with Crippen LogP contribution in [0.4, 0.5) is 5.69 Å². The van der Waals surface area contributed by atoms with E-state index in [9.17, 15) is 5.26 Å². The Balaban J connectivity index is 1.54. The Bertz CT molecular complexity index is 1010. The fraction of sp³-hybridized carbons (Fsp3) is 0.182. The number of anilines is 1. The van der Waals surface area contributed by atoms with Gasteiger partial charge in [0, 0.05) is 34.7 Å². The molecule has 4 rings (SSSR count). The van der Waals surface area contributed by atoms with Crippen LogP contribution in [0.1, 0.15) is 10.6 Å². The molecule has 0 aliphatic carbocycles. The quantitative estimate of drug-likeness (QED) is 0.546. The lowest BCUT2D eigenvalue weighted by Gasteiger charge is -2.28. The molecule has 1 aliphatic rings. The Hall–Kier alpha value is -2.65. The van der Waals surface area contributed by atoms with E-state index in [1.807, 2.05) is 47.9 Å². The maximum absolute atomic E-state index is 9.62. The molecule has 1 fully saturated rings. The number of thiazole rings is 1. The first-order valence-corrected chi connectivity index (χ1v) is 10.2. The van der Waals surface area contributed by atoms with E-state index in [4.69, 9.17) is 16.3 Å². The molecule has 2 aromatic carbocycles. The monoisotopic (exact) mass is 407 g/mol. The van der Waals surface area contributed by atoms with E-state index in [2.05, 4.69) is 28.1 Å². The molecule has 0 radical (unpaired) electrons. The van der Waals surface area contributed by atoms with Crippen LogP contribution in [0.3, 0.4) is 0 Å². The topological polar surface area (TPSA) is 49.2 Å². The minimum atomic E-state index is 0.560. The van der Waals surface area contributed by atoms with Gasteiger partial charge < -0.3 is 9.64 Å².